The van der Waals surface area contributed by atoms with Crippen LogP contribution in [0.3, 0.4) is 0 Å². The molecule has 0 aromatic heterocycles. The van der Waals surface area contributed by atoms with Crippen molar-refractivity contribution in [2.45, 2.75) is 51.7 Å². The summed E-state index contributed by atoms with van der Waals surface area (Å²) in [5.74, 6) is -2.78. The highest BCUT2D eigenvalue weighted by Gasteiger charge is 2.34. The Labute approximate surface area is 193 Å². The highest BCUT2D eigenvalue weighted by atomic mass is 16.9. The van der Waals surface area contributed by atoms with Gasteiger partial charge in [-0.05, 0) is 30.5 Å². The van der Waals surface area contributed by atoms with Gasteiger partial charge in [-0.15, -0.1) is 0 Å². The first-order valence-electron chi connectivity index (χ1n) is 10.3. The molecule has 3 amide bonds. The fourth-order valence-electron chi connectivity index (χ4n) is 2.85. The van der Waals surface area contributed by atoms with Crippen LogP contribution in [0.2, 0.25) is 0 Å². The van der Waals surface area contributed by atoms with Gasteiger partial charge < -0.3 is 19.9 Å². The summed E-state index contributed by atoms with van der Waals surface area (Å²) in [6.07, 6.45) is -1.16. The molecule has 0 aliphatic carbocycles. The van der Waals surface area contributed by atoms with E-state index >= 15 is 0 Å². The van der Waals surface area contributed by atoms with Crippen LogP contribution in [0.5, 0.6) is 5.75 Å². The Morgan fingerprint density at radius 3 is 2.53 bits per heavy atom. The quantitative estimate of drug-likeness (QED) is 0.0915. The second-order valence-corrected chi connectivity index (χ2v) is 7.06. The number of hydrogen-bond acceptors (Lipinski definition) is 10. The monoisotopic (exact) mass is 477 g/mol. The number of hydrogen-bond donors (Lipinski definition) is 2. The van der Waals surface area contributed by atoms with Gasteiger partial charge in [0.15, 0.2) is 0 Å². The van der Waals surface area contributed by atoms with Crippen LogP contribution in [0, 0.1) is 0 Å². The molecule has 2 N–H and O–H groups in total. The van der Waals surface area contributed by atoms with Crippen LogP contribution in [0.25, 0.3) is 10.4 Å². The van der Waals surface area contributed by atoms with Crippen molar-refractivity contribution in [3.8, 4) is 5.75 Å². The molecule has 2 rings (SSSR count). The molecule has 1 atom stereocenters. The molecular formula is C20H23N5O9. The number of ether oxygens (including phenoxy) is 2. The molecule has 1 aliphatic rings. The summed E-state index contributed by atoms with van der Waals surface area (Å²) in [5, 5.41) is 16.1. The van der Waals surface area contributed by atoms with Gasteiger partial charge in [0.2, 0.25) is 6.29 Å². The van der Waals surface area contributed by atoms with Crippen LogP contribution in [-0.4, -0.2) is 52.9 Å². The maximum atomic E-state index is 12.1. The van der Waals surface area contributed by atoms with Gasteiger partial charge in [-0.3, -0.25) is 24.0 Å². The number of imide groups is 1. The number of nitrogens with zero attached hydrogens (tertiary/aromatic N) is 4. The Balaban J connectivity index is 1.59. The van der Waals surface area contributed by atoms with E-state index in [2.05, 4.69) is 24.9 Å². The third-order valence-electron chi connectivity index (χ3n) is 4.46. The maximum absolute atomic E-state index is 12.1. The lowest BCUT2D eigenvalue weighted by atomic mass is 10.1. The van der Waals surface area contributed by atoms with Crippen molar-refractivity contribution in [1.82, 2.24) is 10.4 Å². The van der Waals surface area contributed by atoms with Gasteiger partial charge in [0.1, 0.15) is 5.75 Å². The molecule has 0 spiro atoms. The number of carbonyl (C=O) groups excluding carboxylic acids is 5. The SMILES string of the molecule is CC(OC(=O)CCCCCNC(=O)c1ccc(N=[N+]=[N-])cc1O)OC(=O)ON1C(=O)CCC1=O. The molecule has 1 heterocycles. The van der Waals surface area contributed by atoms with Crippen molar-refractivity contribution in [2.24, 2.45) is 5.11 Å². The average molecular weight is 477 g/mol. The molecule has 1 saturated heterocycles. The van der Waals surface area contributed by atoms with Crippen molar-refractivity contribution in [3.05, 3.63) is 34.2 Å². The van der Waals surface area contributed by atoms with Crippen molar-refractivity contribution in [3.63, 3.8) is 0 Å². The van der Waals surface area contributed by atoms with Crippen LogP contribution in [-0.2, 0) is 28.7 Å². The summed E-state index contributed by atoms with van der Waals surface area (Å²) in [6.45, 7) is 1.57. The molecule has 1 fully saturated rings. The fraction of sp³-hybridized carbons (Fsp3) is 0.450. The molecule has 1 aliphatic heterocycles. The van der Waals surface area contributed by atoms with E-state index in [0.717, 1.165) is 0 Å². The first-order chi connectivity index (χ1) is 16.2. The zero-order chi connectivity index (χ0) is 25.1. The molecule has 34 heavy (non-hydrogen) atoms. The summed E-state index contributed by atoms with van der Waals surface area (Å²) in [7, 11) is 0. The highest BCUT2D eigenvalue weighted by Crippen LogP contribution is 2.24. The zero-order valence-corrected chi connectivity index (χ0v) is 18.3. The third kappa shape index (κ3) is 7.98. The van der Waals surface area contributed by atoms with E-state index < -0.39 is 36.1 Å². The molecule has 14 nitrogen and oxygen atoms in total. The number of aromatic hydroxyl groups is 1. The van der Waals surface area contributed by atoms with Crippen molar-refractivity contribution in [2.75, 3.05) is 6.54 Å². The van der Waals surface area contributed by atoms with E-state index in [9.17, 15) is 29.1 Å². The molecule has 0 bridgehead atoms. The minimum absolute atomic E-state index is 0.0292. The van der Waals surface area contributed by atoms with Gasteiger partial charge in [0.05, 0.1) is 5.56 Å². The predicted molar refractivity (Wildman–Crippen MR) is 112 cm³/mol. The average Bonchev–Trinajstić information content (AvgIpc) is 3.08. The first-order valence-corrected chi connectivity index (χ1v) is 10.3. The number of azide groups is 1. The van der Waals surface area contributed by atoms with Gasteiger partial charge in [0, 0.05) is 43.3 Å². The van der Waals surface area contributed by atoms with E-state index in [1.165, 1.54) is 25.1 Å². The largest absolute Gasteiger partial charge is 0.537 e. The number of carbonyl (C=O) groups is 5. The smallest absolute Gasteiger partial charge is 0.507 e. The molecule has 1 aromatic rings. The number of nitrogens with one attached hydrogen (secondary N) is 1. The summed E-state index contributed by atoms with van der Waals surface area (Å²) >= 11 is 0. The topological polar surface area (TPSA) is 197 Å². The van der Waals surface area contributed by atoms with E-state index in [4.69, 9.17) is 10.3 Å². The second kappa shape index (κ2) is 12.6. The first kappa shape index (κ1) is 25.9. The van der Waals surface area contributed by atoms with Crippen molar-refractivity contribution in [1.29, 1.82) is 0 Å². The van der Waals surface area contributed by atoms with Crippen LogP contribution in [0.1, 0.15) is 55.8 Å². The number of rotatable bonds is 11. The number of unbranched alkanes of at least 4 members (excludes halogenated alkanes) is 2. The van der Waals surface area contributed by atoms with E-state index in [-0.39, 0.29) is 36.3 Å². The summed E-state index contributed by atoms with van der Waals surface area (Å²) in [6, 6.07) is 3.91. The molecule has 14 heteroatoms. The van der Waals surface area contributed by atoms with Crippen molar-refractivity contribution >= 4 is 35.5 Å². The van der Waals surface area contributed by atoms with Gasteiger partial charge in [-0.2, -0.15) is 0 Å². The van der Waals surface area contributed by atoms with Gasteiger partial charge in [-0.25, -0.2) is 4.79 Å². The zero-order valence-electron chi connectivity index (χ0n) is 18.3. The molecular weight excluding hydrogens is 454 g/mol. The minimum Gasteiger partial charge on any atom is -0.507 e. The highest BCUT2D eigenvalue weighted by molar-refractivity contribution is 6.01. The number of benzene rings is 1. The van der Waals surface area contributed by atoms with Crippen molar-refractivity contribution < 1.29 is 43.4 Å². The Morgan fingerprint density at radius 2 is 1.88 bits per heavy atom. The van der Waals surface area contributed by atoms with E-state index in [0.29, 0.717) is 30.9 Å². The van der Waals surface area contributed by atoms with Crippen LogP contribution in [0.4, 0.5) is 10.5 Å². The van der Waals surface area contributed by atoms with Gasteiger partial charge in [0.25, 0.3) is 17.7 Å². The lowest BCUT2D eigenvalue weighted by molar-refractivity contribution is -0.191. The maximum Gasteiger partial charge on any atom is 0.537 e. The summed E-state index contributed by atoms with van der Waals surface area (Å²) < 4.78 is 9.59. The molecule has 1 aromatic carbocycles. The van der Waals surface area contributed by atoms with E-state index in [1.54, 1.807) is 0 Å². The number of esters is 1. The van der Waals surface area contributed by atoms with Gasteiger partial charge >= 0.3 is 12.1 Å². The predicted octanol–water partition coefficient (Wildman–Crippen LogP) is 2.73. The van der Waals surface area contributed by atoms with Crippen LogP contribution in [0.15, 0.2) is 23.3 Å². The normalized spacial score (nSPS) is 13.6. The Bertz CT molecular complexity index is 990. The lowest BCUT2D eigenvalue weighted by Gasteiger charge is -2.16. The molecule has 0 saturated carbocycles. The Hall–Kier alpha value is -4.32. The third-order valence-corrected chi connectivity index (χ3v) is 4.46. The number of phenols is 1. The number of phenolic OH excluding ortho intramolecular Hbond substituents is 1. The van der Waals surface area contributed by atoms with Gasteiger partial charge in [-0.1, -0.05) is 22.7 Å². The Kier molecular flexibility index (Phi) is 9.65. The van der Waals surface area contributed by atoms with Crippen LogP contribution >= 0.6 is 0 Å². The fourth-order valence-corrected chi connectivity index (χ4v) is 2.85. The molecule has 182 valence electrons. The number of hydroxylamine groups is 2. The number of amides is 3. The molecule has 1 unspecified atom stereocenters. The van der Waals surface area contributed by atoms with Crippen LogP contribution < -0.4 is 5.32 Å². The lowest BCUT2D eigenvalue weighted by Crippen LogP contribution is -2.34. The summed E-state index contributed by atoms with van der Waals surface area (Å²) in [5.41, 5.74) is 8.58. The standard InChI is InChI=1S/C20H23N5O9/c1-12(33-20(31)34-25-16(27)8-9-17(25)28)32-18(29)5-3-2-4-10-22-19(30)14-7-6-13(23-24-21)11-15(14)26/h6-7,11-12,26H,2-5,8-10H2,1H3,(H,22,30). The minimum atomic E-state index is -1.35. The summed E-state index contributed by atoms with van der Waals surface area (Å²) in [4.78, 5) is 65.3. The second-order valence-electron chi connectivity index (χ2n) is 7.06. The van der Waals surface area contributed by atoms with E-state index in [1.807, 2.05) is 0 Å². The molecule has 0 radical (unpaired) electrons. The Morgan fingerprint density at radius 1 is 1.18 bits per heavy atom.